The average molecular weight is 169 g/mol. The Kier molecular flexibility index (Phi) is 4.30. The van der Waals surface area contributed by atoms with Crippen molar-refractivity contribution in [3.05, 3.63) is 0 Å². The minimum absolute atomic E-state index is 0.705. The lowest BCUT2D eigenvalue weighted by Gasteiger charge is -2.34. The normalized spacial score (nSPS) is 25.6. The third-order valence-electron chi connectivity index (χ3n) is 2.75. The highest BCUT2D eigenvalue weighted by molar-refractivity contribution is 5.49. The molecule has 1 saturated heterocycles. The van der Waals surface area contributed by atoms with Gasteiger partial charge >= 0.3 is 0 Å². The second-order valence-corrected chi connectivity index (χ2v) is 3.55. The molecular weight excluding hydrogens is 150 g/mol. The number of hydrogen-bond donors (Lipinski definition) is 0. The van der Waals surface area contributed by atoms with E-state index in [1.54, 1.807) is 0 Å². The summed E-state index contributed by atoms with van der Waals surface area (Å²) in [6.45, 7) is 4.41. The van der Waals surface area contributed by atoms with Crippen LogP contribution in [0.3, 0.4) is 0 Å². The van der Waals surface area contributed by atoms with Gasteiger partial charge in [-0.1, -0.05) is 13.3 Å². The molecule has 0 bridgehead atoms. The fraction of sp³-hybridized carbons (Fsp3) is 0.900. The molecule has 1 unspecified atom stereocenters. The molecule has 2 heteroatoms. The van der Waals surface area contributed by atoms with Gasteiger partial charge in [0.25, 0.3) is 0 Å². The number of aldehydes is 1. The number of piperidine rings is 1. The predicted molar refractivity (Wildman–Crippen MR) is 50.2 cm³/mol. The van der Waals surface area contributed by atoms with Crippen LogP contribution in [0, 0.1) is 0 Å². The van der Waals surface area contributed by atoms with Crippen molar-refractivity contribution < 1.29 is 4.79 Å². The van der Waals surface area contributed by atoms with Crippen LogP contribution in [0.25, 0.3) is 0 Å². The molecule has 0 radical (unpaired) electrons. The molecule has 1 rings (SSSR count). The fourth-order valence-corrected chi connectivity index (χ4v) is 2.04. The first kappa shape index (κ1) is 9.72. The summed E-state index contributed by atoms with van der Waals surface area (Å²) < 4.78 is 0. The standard InChI is InChI=1S/C10H19NO/c1-2-10-6-3-4-7-11(10)8-5-9-12/h9-10H,2-8H2,1H3. The van der Waals surface area contributed by atoms with E-state index < -0.39 is 0 Å². The van der Waals surface area contributed by atoms with Crippen molar-refractivity contribution in [1.82, 2.24) is 4.90 Å². The number of rotatable bonds is 4. The van der Waals surface area contributed by atoms with Crippen LogP contribution in [0.4, 0.5) is 0 Å². The Balaban J connectivity index is 2.30. The van der Waals surface area contributed by atoms with Crippen LogP contribution in [0.5, 0.6) is 0 Å². The van der Waals surface area contributed by atoms with Gasteiger partial charge in [0.1, 0.15) is 6.29 Å². The molecule has 0 amide bonds. The lowest BCUT2D eigenvalue weighted by molar-refractivity contribution is -0.108. The molecule has 0 aromatic rings. The van der Waals surface area contributed by atoms with Gasteiger partial charge < -0.3 is 4.79 Å². The van der Waals surface area contributed by atoms with E-state index in [2.05, 4.69) is 11.8 Å². The Labute approximate surface area is 74.9 Å². The third-order valence-corrected chi connectivity index (χ3v) is 2.75. The summed E-state index contributed by atoms with van der Waals surface area (Å²) >= 11 is 0. The topological polar surface area (TPSA) is 20.3 Å². The fourth-order valence-electron chi connectivity index (χ4n) is 2.04. The Hall–Kier alpha value is -0.370. The molecular formula is C10H19NO. The van der Waals surface area contributed by atoms with E-state index in [1.165, 1.54) is 32.2 Å². The molecule has 0 N–H and O–H groups in total. The Morgan fingerprint density at radius 3 is 3.00 bits per heavy atom. The average Bonchev–Trinajstić information content (AvgIpc) is 2.15. The first-order valence-corrected chi connectivity index (χ1v) is 5.06. The number of likely N-dealkylation sites (tertiary alicyclic amines) is 1. The summed E-state index contributed by atoms with van der Waals surface area (Å²) in [7, 11) is 0. The van der Waals surface area contributed by atoms with Crippen molar-refractivity contribution in [2.45, 2.75) is 45.1 Å². The zero-order valence-electron chi connectivity index (χ0n) is 7.96. The third kappa shape index (κ3) is 2.59. The van der Waals surface area contributed by atoms with Gasteiger partial charge in [-0.25, -0.2) is 0 Å². The van der Waals surface area contributed by atoms with Crippen LogP contribution in [-0.2, 0) is 4.79 Å². The molecule has 0 aromatic heterocycles. The highest BCUT2D eigenvalue weighted by Gasteiger charge is 2.19. The predicted octanol–water partition coefficient (Wildman–Crippen LogP) is 1.84. The molecule has 1 heterocycles. The summed E-state index contributed by atoms with van der Waals surface area (Å²) in [4.78, 5) is 12.7. The molecule has 0 aromatic carbocycles. The van der Waals surface area contributed by atoms with Gasteiger partial charge in [-0.05, 0) is 25.8 Å². The van der Waals surface area contributed by atoms with Crippen LogP contribution in [-0.4, -0.2) is 30.3 Å². The van der Waals surface area contributed by atoms with Crippen LogP contribution >= 0.6 is 0 Å². The van der Waals surface area contributed by atoms with Gasteiger partial charge in [-0.15, -0.1) is 0 Å². The van der Waals surface area contributed by atoms with E-state index in [1.807, 2.05) is 0 Å². The van der Waals surface area contributed by atoms with Crippen molar-refractivity contribution in [2.75, 3.05) is 13.1 Å². The van der Waals surface area contributed by atoms with Crippen molar-refractivity contribution in [3.63, 3.8) is 0 Å². The highest BCUT2D eigenvalue weighted by Crippen LogP contribution is 2.18. The number of carbonyl (C=O) groups is 1. The minimum atomic E-state index is 0.705. The van der Waals surface area contributed by atoms with E-state index in [0.717, 1.165) is 18.9 Å². The van der Waals surface area contributed by atoms with E-state index >= 15 is 0 Å². The Morgan fingerprint density at radius 1 is 1.50 bits per heavy atom. The zero-order valence-corrected chi connectivity index (χ0v) is 7.96. The molecule has 70 valence electrons. The number of carbonyl (C=O) groups excluding carboxylic acids is 1. The maximum absolute atomic E-state index is 10.2. The highest BCUT2D eigenvalue weighted by atomic mass is 16.1. The van der Waals surface area contributed by atoms with Crippen LogP contribution in [0.1, 0.15) is 39.0 Å². The van der Waals surface area contributed by atoms with Gasteiger partial charge in [-0.2, -0.15) is 0 Å². The Morgan fingerprint density at radius 2 is 2.33 bits per heavy atom. The SMILES string of the molecule is CCC1CCCCN1CCC=O. The molecule has 1 atom stereocenters. The minimum Gasteiger partial charge on any atom is -0.303 e. The van der Waals surface area contributed by atoms with Crippen LogP contribution in [0.2, 0.25) is 0 Å². The second-order valence-electron chi connectivity index (χ2n) is 3.55. The lowest BCUT2D eigenvalue weighted by atomic mass is 10.00. The monoisotopic (exact) mass is 169 g/mol. The van der Waals surface area contributed by atoms with Crippen LogP contribution < -0.4 is 0 Å². The number of hydrogen-bond acceptors (Lipinski definition) is 2. The summed E-state index contributed by atoms with van der Waals surface area (Å²) in [6.07, 6.45) is 6.98. The molecule has 0 saturated carbocycles. The first-order valence-electron chi connectivity index (χ1n) is 5.06. The Bertz CT molecular complexity index is 136. The molecule has 1 aliphatic heterocycles. The van der Waals surface area contributed by atoms with Crippen molar-refractivity contribution >= 4 is 6.29 Å². The van der Waals surface area contributed by atoms with E-state index in [9.17, 15) is 4.79 Å². The summed E-state index contributed by atoms with van der Waals surface area (Å²) in [5.74, 6) is 0. The van der Waals surface area contributed by atoms with Gasteiger partial charge in [0.05, 0.1) is 0 Å². The van der Waals surface area contributed by atoms with Crippen LogP contribution in [0.15, 0.2) is 0 Å². The molecule has 0 spiro atoms. The molecule has 1 fully saturated rings. The van der Waals surface area contributed by atoms with Gasteiger partial charge in [0, 0.05) is 19.0 Å². The van der Waals surface area contributed by atoms with Crippen molar-refractivity contribution in [3.8, 4) is 0 Å². The summed E-state index contributed by atoms with van der Waals surface area (Å²) in [5.41, 5.74) is 0. The maximum atomic E-state index is 10.2. The molecule has 12 heavy (non-hydrogen) atoms. The largest absolute Gasteiger partial charge is 0.303 e. The first-order chi connectivity index (χ1) is 5.88. The zero-order chi connectivity index (χ0) is 8.81. The van der Waals surface area contributed by atoms with E-state index in [0.29, 0.717) is 6.42 Å². The quantitative estimate of drug-likeness (QED) is 0.598. The molecule has 0 aliphatic carbocycles. The summed E-state index contributed by atoms with van der Waals surface area (Å²) in [6, 6.07) is 0.749. The smallest absolute Gasteiger partial charge is 0.121 e. The summed E-state index contributed by atoms with van der Waals surface area (Å²) in [5, 5.41) is 0. The van der Waals surface area contributed by atoms with Gasteiger partial charge in [0.2, 0.25) is 0 Å². The van der Waals surface area contributed by atoms with Crippen molar-refractivity contribution in [2.24, 2.45) is 0 Å². The number of nitrogens with zero attached hydrogens (tertiary/aromatic N) is 1. The van der Waals surface area contributed by atoms with Gasteiger partial charge in [0.15, 0.2) is 0 Å². The second kappa shape index (κ2) is 5.31. The van der Waals surface area contributed by atoms with E-state index in [4.69, 9.17) is 0 Å². The lowest BCUT2D eigenvalue weighted by Crippen LogP contribution is -2.39. The maximum Gasteiger partial charge on any atom is 0.121 e. The van der Waals surface area contributed by atoms with Gasteiger partial charge in [-0.3, -0.25) is 4.90 Å². The van der Waals surface area contributed by atoms with Crippen molar-refractivity contribution in [1.29, 1.82) is 0 Å². The molecule has 1 aliphatic rings. The van der Waals surface area contributed by atoms with E-state index in [-0.39, 0.29) is 0 Å². The molecule has 2 nitrogen and oxygen atoms in total.